The Kier molecular flexibility index (Phi) is 22.5. The fraction of sp³-hybridized carbons (Fsp3) is 0.833. The first-order valence-electron chi connectivity index (χ1n) is 52.0. The maximum atomic E-state index is 12.9. The van der Waals surface area contributed by atoms with Gasteiger partial charge in [0, 0.05) is 111 Å². The quantitative estimate of drug-likeness (QED) is 0.0939. The number of fused-ring (bicyclic) bond motifs is 18. The average Bonchev–Trinajstić information content (AvgIpc) is 1.47. The number of benzene rings is 2. The minimum Gasteiger partial charge on any atom is -0.393 e. The zero-order valence-corrected chi connectivity index (χ0v) is 81.6. The molecule has 0 bridgehead atoms. The molecule has 36 atom stereocenters. The lowest BCUT2D eigenvalue weighted by molar-refractivity contribution is -0.148. The molecule has 12 saturated carbocycles. The largest absolute Gasteiger partial charge is 0.393 e. The van der Waals surface area contributed by atoms with Gasteiger partial charge >= 0.3 is 0 Å². The summed E-state index contributed by atoms with van der Waals surface area (Å²) in [7, 11) is -2.24. The second-order valence-corrected chi connectivity index (χ2v) is 53.7. The number of aliphatic hydroxyl groups is 3. The highest BCUT2D eigenvalue weighted by Crippen LogP contribution is 2.91. The second kappa shape index (κ2) is 31.6. The van der Waals surface area contributed by atoms with Gasteiger partial charge < -0.3 is 34.4 Å². The van der Waals surface area contributed by atoms with Gasteiger partial charge in [0.1, 0.15) is 0 Å². The summed E-state index contributed by atoms with van der Waals surface area (Å²) in [5, 5.41) is 31.3. The van der Waals surface area contributed by atoms with E-state index < -0.39 is 20.0 Å². The van der Waals surface area contributed by atoms with Crippen LogP contribution < -0.4 is 9.44 Å². The number of hydrogen-bond acceptors (Lipinski definition) is 14. The van der Waals surface area contributed by atoms with Crippen LogP contribution in [0.2, 0.25) is 0 Å². The van der Waals surface area contributed by atoms with Crippen molar-refractivity contribution in [3.8, 4) is 0 Å². The molecule has 2 aromatic rings. The molecule has 21 aliphatic rings. The lowest BCUT2D eigenvalue weighted by Gasteiger charge is -2.50. The Morgan fingerprint density at radius 2 is 0.810 bits per heavy atom. The molecule has 0 aromatic heterocycles. The van der Waals surface area contributed by atoms with Crippen LogP contribution in [0.5, 0.6) is 0 Å². The minimum absolute atomic E-state index is 0.0772. The Hall–Kier alpha value is -2.92. The highest BCUT2D eigenvalue weighted by atomic mass is 32.2. The Bertz CT molecular complexity index is 4760. The first-order valence-corrected chi connectivity index (χ1v) is 55.3. The van der Waals surface area contributed by atoms with Crippen molar-refractivity contribution in [3.05, 3.63) is 107 Å². The zero-order chi connectivity index (χ0) is 88.1. The Morgan fingerprint density at radius 3 is 1.21 bits per heavy atom. The summed E-state index contributed by atoms with van der Waals surface area (Å²) in [6.45, 7) is 38.3. The predicted octanol–water partition coefficient (Wildman–Crippen LogP) is 17.3. The van der Waals surface area contributed by atoms with Gasteiger partial charge in [-0.15, -0.1) is 0 Å². The standard InChI is InChI=1S/2C38H56N2O4S.C32H52N2O2/c2*1-25-20-33-34(40(23-25)18-17-39-45(42,43)19-14-27-8-6-5-7-9-27)26(2)38(44-33)16-13-31-30-11-10-28-21-29(41)12-15-35(28,3)32(30)22-37(31)24-36(37,38)4;1-20-15-27-28(34(18-20)14-13-33(5)6)21(2)32(36-27)12-10-25-24-8-7-22-16-23(35)9-11-29(22,3)26(24)17-31(25)19-30(31,32)4/h5-9,21,25-26,29-34,39,41H,10-20,22-24H2,1-4H3;5-10,25-26,29-34,39,41H,11-24H2,1-4H3;16,20-21,23-28,35H,7-15,17-19H2,1-6H3/t2*25-,26+,29-,30-,31-,32-,33+,34-,35-,36?,37?,38+;20-,21+,23-,24-,25-,26-,27+,28-,29-,30?,31?,32+/m000/s1. The summed E-state index contributed by atoms with van der Waals surface area (Å²) in [5.74, 6) is 10.9. The molecule has 18 heteroatoms. The minimum atomic E-state index is -3.33. The number of rotatable bonds is 17. The van der Waals surface area contributed by atoms with E-state index in [2.05, 4.69) is 144 Å². The highest BCUT2D eigenvalue weighted by Gasteiger charge is 2.88. The van der Waals surface area contributed by atoms with Gasteiger partial charge in [-0.2, -0.15) is 0 Å². The van der Waals surface area contributed by atoms with Crippen LogP contribution in [0.25, 0.3) is 0 Å². The number of aryl methyl sites for hydroxylation is 2. The molecule has 23 rings (SSSR count). The second-order valence-electron chi connectivity index (χ2n) is 49.8. The molecule has 15 aliphatic carbocycles. The van der Waals surface area contributed by atoms with E-state index in [4.69, 9.17) is 14.2 Å². The van der Waals surface area contributed by atoms with Gasteiger partial charge in [0.15, 0.2) is 0 Å². The van der Waals surface area contributed by atoms with E-state index in [-0.39, 0.29) is 80.5 Å². The van der Waals surface area contributed by atoms with Gasteiger partial charge in [-0.25, -0.2) is 26.3 Å². The molecule has 18 fully saturated rings. The van der Waals surface area contributed by atoms with Crippen LogP contribution in [-0.2, 0) is 47.1 Å². The molecule has 5 N–H and O–H groups in total. The highest BCUT2D eigenvalue weighted by molar-refractivity contribution is 7.89. The van der Waals surface area contributed by atoms with Crippen molar-refractivity contribution >= 4 is 20.0 Å². The van der Waals surface area contributed by atoms with Gasteiger partial charge in [-0.05, 0) is 315 Å². The van der Waals surface area contributed by atoms with Gasteiger partial charge in [0.2, 0.25) is 20.0 Å². The predicted molar refractivity (Wildman–Crippen MR) is 501 cm³/mol. The van der Waals surface area contributed by atoms with Crippen molar-refractivity contribution in [1.29, 1.82) is 0 Å². The zero-order valence-electron chi connectivity index (χ0n) is 80.0. The Balaban J connectivity index is 0.000000116. The number of aliphatic hydroxyl groups excluding tert-OH is 3. The van der Waals surface area contributed by atoms with Crippen molar-refractivity contribution in [1.82, 2.24) is 29.0 Å². The van der Waals surface area contributed by atoms with Crippen LogP contribution in [0.15, 0.2) is 95.6 Å². The van der Waals surface area contributed by atoms with Crippen molar-refractivity contribution in [2.75, 3.05) is 84.5 Å². The van der Waals surface area contributed by atoms with E-state index >= 15 is 0 Å². The van der Waals surface area contributed by atoms with Gasteiger partial charge in [-0.1, -0.05) is 179 Å². The summed E-state index contributed by atoms with van der Waals surface area (Å²) < 4.78 is 79.9. The fourth-order valence-electron chi connectivity index (χ4n) is 38.2. The lowest BCUT2D eigenvalue weighted by atomic mass is 9.56. The molecule has 2 aromatic carbocycles. The molecule has 6 heterocycles. The molecule has 0 radical (unpaired) electrons. The first-order chi connectivity index (χ1) is 59.9. The third-order valence-electron chi connectivity index (χ3n) is 44.2. The van der Waals surface area contributed by atoms with E-state index in [9.17, 15) is 32.2 Å². The SMILES string of the molecule is C[C@H]1C[C@H]2O[C@]3(CC[C@H]4[C@@H]5CC=C6C[C@@H](O)CC[C@]6(C)[C@H]5CC45CC53C)[C@H](C)[C@@H]2N(CCNS(=O)(=O)CCc2ccccc2)C1.C[C@H]1C[C@H]2O[C@]3(CC[C@H]4[C@@H]5CCC6=C[C@@H](O)CC[C@]6(C)[C@H]5CC45CC53C)[C@H](C)[C@@H]2N(CCN(C)C)C1.C[C@H]1C[C@H]2O[C@]3(CC[C@H]4[C@@H]5CCC6=C[C@@H](O)CC[C@]6(C)[C@H]5CC45CC53C)[C@H](C)[C@@H]2N(CCNS(=O)(=O)CCc2ccccc2)C1. The van der Waals surface area contributed by atoms with Gasteiger partial charge in [0.05, 0.1) is 64.9 Å². The molecule has 0 amide bonds. The van der Waals surface area contributed by atoms with Crippen LogP contribution >= 0.6 is 0 Å². The van der Waals surface area contributed by atoms with Crippen molar-refractivity contribution in [2.45, 2.75) is 341 Å². The Morgan fingerprint density at radius 1 is 0.444 bits per heavy atom. The summed E-state index contributed by atoms with van der Waals surface area (Å²) in [6.07, 6.45) is 41.2. The molecular formula is C108H164N6O10S2. The smallest absolute Gasteiger partial charge is 0.211 e. The van der Waals surface area contributed by atoms with E-state index in [0.29, 0.717) is 107 Å². The molecular weight excluding hydrogens is 1610 g/mol. The third kappa shape index (κ3) is 13.5. The van der Waals surface area contributed by atoms with E-state index in [0.717, 1.165) is 154 Å². The number of allylic oxidation sites excluding steroid dienone is 3. The number of ether oxygens (including phenoxy) is 3. The number of likely N-dealkylation sites (N-methyl/N-ethyl adjacent to an activating group) is 1. The lowest BCUT2D eigenvalue weighted by Crippen LogP contribution is -2.55. The topological polar surface area (TPSA) is 194 Å². The average molecular weight is 1770 g/mol. The van der Waals surface area contributed by atoms with Crippen LogP contribution in [0.1, 0.15) is 268 Å². The molecule has 6 aliphatic heterocycles. The summed E-state index contributed by atoms with van der Waals surface area (Å²) in [6, 6.07) is 21.1. The number of nitrogens with one attached hydrogen (secondary N) is 2. The maximum absolute atomic E-state index is 12.9. The van der Waals surface area contributed by atoms with Crippen molar-refractivity contribution in [3.63, 3.8) is 0 Å². The number of piperidine rings is 3. The molecule has 16 nitrogen and oxygen atoms in total. The summed E-state index contributed by atoms with van der Waals surface area (Å²) >= 11 is 0. The molecule has 698 valence electrons. The van der Waals surface area contributed by atoms with E-state index in [1.165, 1.54) is 135 Å². The first kappa shape index (κ1) is 89.6. The number of likely N-dealkylation sites (tertiary alicyclic amines) is 3. The normalized spacial score (nSPS) is 51.2. The Labute approximate surface area is 760 Å². The van der Waals surface area contributed by atoms with E-state index in [1.54, 1.807) is 16.7 Å². The van der Waals surface area contributed by atoms with Crippen LogP contribution in [0.3, 0.4) is 0 Å². The number of nitrogens with zero attached hydrogens (tertiary/aromatic N) is 4. The number of sulfonamides is 2. The molecule has 6 spiro atoms. The van der Waals surface area contributed by atoms with Crippen LogP contribution in [0.4, 0.5) is 0 Å². The van der Waals surface area contributed by atoms with Gasteiger partial charge in [0.25, 0.3) is 0 Å². The third-order valence-corrected chi connectivity index (χ3v) is 47.0. The number of hydrogen-bond donors (Lipinski definition) is 5. The van der Waals surface area contributed by atoms with Crippen LogP contribution in [-0.4, -0.2) is 208 Å². The van der Waals surface area contributed by atoms with Crippen molar-refractivity contribution < 1.29 is 46.4 Å². The van der Waals surface area contributed by atoms with Gasteiger partial charge in [-0.3, -0.25) is 14.7 Å². The van der Waals surface area contributed by atoms with Crippen molar-refractivity contribution in [2.24, 2.45) is 138 Å². The molecule has 126 heavy (non-hydrogen) atoms. The maximum Gasteiger partial charge on any atom is 0.211 e. The van der Waals surface area contributed by atoms with E-state index in [1.807, 2.05) is 60.7 Å². The fourth-order valence-corrected chi connectivity index (χ4v) is 40.3. The summed E-state index contributed by atoms with van der Waals surface area (Å²) in [5.41, 5.74) is 9.74. The molecule has 6 saturated heterocycles. The van der Waals surface area contributed by atoms with Crippen LogP contribution in [0, 0.1) is 138 Å². The summed E-state index contributed by atoms with van der Waals surface area (Å²) in [4.78, 5) is 10.4. The monoisotopic (exact) mass is 1770 g/mol. The molecule has 6 unspecified atom stereocenters.